The van der Waals surface area contributed by atoms with Crippen LogP contribution in [0.5, 0.6) is 0 Å². The fraction of sp³-hybridized carbons (Fsp3) is 0.533. The molecule has 5 nitrogen and oxygen atoms in total. The molecule has 0 aromatic carbocycles. The molecule has 0 saturated carbocycles. The molecule has 0 aliphatic heterocycles. The second kappa shape index (κ2) is 9.00. The van der Waals surface area contributed by atoms with E-state index >= 15 is 0 Å². The molecule has 0 fully saturated rings. The monoisotopic (exact) mass is 311 g/mol. The number of rotatable bonds is 10. The predicted molar refractivity (Wildman–Crippen MR) is 83.8 cm³/mol. The quantitative estimate of drug-likeness (QED) is 0.685. The average Bonchev–Trinajstić information content (AvgIpc) is 2.87. The molecular formula is C15H22ClN3O2. The van der Waals surface area contributed by atoms with Gasteiger partial charge in [-0.25, -0.2) is 4.98 Å². The van der Waals surface area contributed by atoms with Gasteiger partial charge in [0.05, 0.1) is 23.9 Å². The zero-order chi connectivity index (χ0) is 14.9. The summed E-state index contributed by atoms with van der Waals surface area (Å²) in [6.07, 6.45) is 6.01. The number of methoxy groups -OCH3 is 1. The van der Waals surface area contributed by atoms with Crippen LogP contribution in [0.1, 0.15) is 18.5 Å². The van der Waals surface area contributed by atoms with Crippen LogP contribution in [0.4, 0.5) is 0 Å². The highest BCUT2D eigenvalue weighted by Gasteiger charge is 2.01. The Morgan fingerprint density at radius 3 is 2.95 bits per heavy atom. The number of fused-ring (bicyclic) bond motifs is 1. The third kappa shape index (κ3) is 5.63. The topological polar surface area (TPSA) is 47.8 Å². The van der Waals surface area contributed by atoms with Gasteiger partial charge in [0.1, 0.15) is 5.65 Å². The van der Waals surface area contributed by atoms with E-state index in [1.807, 2.05) is 28.9 Å². The molecule has 0 spiro atoms. The maximum absolute atomic E-state index is 5.95. The number of nitrogens with one attached hydrogen (secondary N) is 1. The number of aromatic nitrogens is 2. The van der Waals surface area contributed by atoms with Crippen LogP contribution in [0, 0.1) is 0 Å². The number of hydrogen-bond acceptors (Lipinski definition) is 4. The largest absolute Gasteiger partial charge is 0.382 e. The summed E-state index contributed by atoms with van der Waals surface area (Å²) < 4.78 is 12.3. The number of hydrogen-bond donors (Lipinski definition) is 1. The minimum Gasteiger partial charge on any atom is -0.382 e. The van der Waals surface area contributed by atoms with Crippen molar-refractivity contribution in [1.82, 2.24) is 14.7 Å². The lowest BCUT2D eigenvalue weighted by Crippen LogP contribution is -2.15. The van der Waals surface area contributed by atoms with Crippen molar-refractivity contribution in [1.29, 1.82) is 0 Å². The molecule has 2 rings (SSSR count). The zero-order valence-corrected chi connectivity index (χ0v) is 13.1. The van der Waals surface area contributed by atoms with Gasteiger partial charge in [0.15, 0.2) is 0 Å². The first-order chi connectivity index (χ1) is 10.3. The standard InChI is InChI=1S/C15H22ClN3O2/c1-20-8-9-21-7-3-2-6-17-10-14-12-19-11-13(16)4-5-15(19)18-14/h4-5,11-12,17H,2-3,6-10H2,1H3. The molecular weight excluding hydrogens is 290 g/mol. The Kier molecular flexibility index (Phi) is 6.95. The minimum absolute atomic E-state index is 0.663. The first-order valence-corrected chi connectivity index (χ1v) is 7.58. The van der Waals surface area contributed by atoms with Crippen LogP contribution in [0.15, 0.2) is 24.5 Å². The SMILES string of the molecule is COCCOCCCCNCc1cn2cc(Cl)ccc2n1. The normalized spacial score (nSPS) is 11.3. The van der Waals surface area contributed by atoms with Crippen LogP contribution in [0.25, 0.3) is 5.65 Å². The van der Waals surface area contributed by atoms with Crippen LogP contribution >= 0.6 is 11.6 Å². The third-order valence-corrected chi connectivity index (χ3v) is 3.32. The summed E-state index contributed by atoms with van der Waals surface area (Å²) in [5, 5.41) is 4.11. The van der Waals surface area contributed by atoms with E-state index in [-0.39, 0.29) is 0 Å². The van der Waals surface area contributed by atoms with Crippen LogP contribution in [-0.2, 0) is 16.0 Å². The van der Waals surface area contributed by atoms with Crippen molar-refractivity contribution >= 4 is 17.2 Å². The lowest BCUT2D eigenvalue weighted by molar-refractivity contribution is 0.0688. The van der Waals surface area contributed by atoms with Gasteiger partial charge in [-0.3, -0.25) is 0 Å². The molecule has 116 valence electrons. The fourth-order valence-electron chi connectivity index (χ4n) is 2.02. The first-order valence-electron chi connectivity index (χ1n) is 7.20. The van der Waals surface area contributed by atoms with E-state index < -0.39 is 0 Å². The van der Waals surface area contributed by atoms with E-state index in [1.54, 1.807) is 7.11 Å². The average molecular weight is 312 g/mol. The van der Waals surface area contributed by atoms with Gasteiger partial charge in [0.2, 0.25) is 0 Å². The van der Waals surface area contributed by atoms with E-state index in [0.717, 1.165) is 43.9 Å². The smallest absolute Gasteiger partial charge is 0.137 e. The van der Waals surface area contributed by atoms with Crippen molar-refractivity contribution in [2.45, 2.75) is 19.4 Å². The Hall–Kier alpha value is -1.14. The number of nitrogens with zero attached hydrogens (tertiary/aromatic N) is 2. The highest BCUT2D eigenvalue weighted by molar-refractivity contribution is 6.30. The number of halogens is 1. The summed E-state index contributed by atoms with van der Waals surface area (Å²) >= 11 is 5.95. The lowest BCUT2D eigenvalue weighted by Gasteiger charge is -2.04. The second-order valence-electron chi connectivity index (χ2n) is 4.83. The minimum atomic E-state index is 0.663. The van der Waals surface area contributed by atoms with Gasteiger partial charge < -0.3 is 19.2 Å². The summed E-state index contributed by atoms with van der Waals surface area (Å²) in [4.78, 5) is 4.52. The van der Waals surface area contributed by atoms with Crippen LogP contribution in [-0.4, -0.2) is 42.9 Å². The van der Waals surface area contributed by atoms with E-state index in [1.165, 1.54) is 0 Å². The number of unbranched alkanes of at least 4 members (excludes halogenated alkanes) is 1. The highest BCUT2D eigenvalue weighted by Crippen LogP contribution is 2.11. The van der Waals surface area contributed by atoms with Crippen molar-refractivity contribution in [2.24, 2.45) is 0 Å². The predicted octanol–water partition coefficient (Wildman–Crippen LogP) is 2.52. The number of ether oxygens (including phenoxy) is 2. The van der Waals surface area contributed by atoms with Gasteiger partial charge in [-0.05, 0) is 31.5 Å². The van der Waals surface area contributed by atoms with E-state index in [4.69, 9.17) is 21.1 Å². The van der Waals surface area contributed by atoms with Crippen molar-refractivity contribution in [2.75, 3.05) is 33.5 Å². The Bertz CT molecular complexity index is 545. The van der Waals surface area contributed by atoms with Crippen LogP contribution < -0.4 is 5.32 Å². The summed E-state index contributed by atoms with van der Waals surface area (Å²) in [6, 6.07) is 3.77. The van der Waals surface area contributed by atoms with Crippen molar-refractivity contribution in [3.63, 3.8) is 0 Å². The fourth-order valence-corrected chi connectivity index (χ4v) is 2.19. The van der Waals surface area contributed by atoms with E-state index in [0.29, 0.717) is 18.2 Å². The molecule has 0 saturated heterocycles. The molecule has 0 atom stereocenters. The molecule has 2 heterocycles. The Balaban J connectivity index is 1.59. The molecule has 21 heavy (non-hydrogen) atoms. The molecule has 2 aromatic rings. The van der Waals surface area contributed by atoms with Gasteiger partial charge in [0, 0.05) is 32.7 Å². The van der Waals surface area contributed by atoms with E-state index in [9.17, 15) is 0 Å². The molecule has 1 N–H and O–H groups in total. The van der Waals surface area contributed by atoms with Gasteiger partial charge in [-0.1, -0.05) is 11.6 Å². The summed E-state index contributed by atoms with van der Waals surface area (Å²) in [7, 11) is 1.68. The molecule has 0 unspecified atom stereocenters. The Morgan fingerprint density at radius 2 is 2.10 bits per heavy atom. The van der Waals surface area contributed by atoms with Gasteiger partial charge >= 0.3 is 0 Å². The molecule has 0 amide bonds. The van der Waals surface area contributed by atoms with Crippen molar-refractivity contribution in [3.8, 4) is 0 Å². The maximum Gasteiger partial charge on any atom is 0.137 e. The summed E-state index contributed by atoms with van der Waals surface area (Å²) in [6.45, 7) is 3.86. The molecule has 0 bridgehead atoms. The van der Waals surface area contributed by atoms with Crippen molar-refractivity contribution < 1.29 is 9.47 Å². The first kappa shape index (κ1) is 16.2. The van der Waals surface area contributed by atoms with Crippen LogP contribution in [0.3, 0.4) is 0 Å². The second-order valence-corrected chi connectivity index (χ2v) is 5.27. The Morgan fingerprint density at radius 1 is 1.19 bits per heavy atom. The van der Waals surface area contributed by atoms with E-state index in [2.05, 4.69) is 10.3 Å². The molecule has 0 aliphatic carbocycles. The highest BCUT2D eigenvalue weighted by atomic mass is 35.5. The summed E-state index contributed by atoms with van der Waals surface area (Å²) in [5.74, 6) is 0. The molecule has 0 aliphatic rings. The zero-order valence-electron chi connectivity index (χ0n) is 12.3. The molecule has 2 aromatic heterocycles. The summed E-state index contributed by atoms with van der Waals surface area (Å²) in [5.41, 5.74) is 1.94. The van der Waals surface area contributed by atoms with Crippen molar-refractivity contribution in [3.05, 3.63) is 35.2 Å². The van der Waals surface area contributed by atoms with Crippen LogP contribution in [0.2, 0.25) is 5.02 Å². The Labute approximate surface area is 130 Å². The van der Waals surface area contributed by atoms with Gasteiger partial charge in [-0.2, -0.15) is 0 Å². The molecule has 0 radical (unpaired) electrons. The third-order valence-electron chi connectivity index (χ3n) is 3.09. The maximum atomic E-state index is 5.95. The van der Waals surface area contributed by atoms with Gasteiger partial charge in [-0.15, -0.1) is 0 Å². The molecule has 6 heteroatoms. The van der Waals surface area contributed by atoms with Gasteiger partial charge in [0.25, 0.3) is 0 Å². The number of imidazole rings is 1. The lowest BCUT2D eigenvalue weighted by atomic mass is 10.3. The number of pyridine rings is 1.